The van der Waals surface area contributed by atoms with E-state index in [1.54, 1.807) is 0 Å². The second-order valence-electron chi connectivity index (χ2n) is 5.15. The Morgan fingerprint density at radius 3 is 2.35 bits per heavy atom. The SMILES string of the molecule is CCN(CC)C(=S)SCC(=O)NC(Cc1ccccc1)C(C)=O. The number of nitrogens with one attached hydrogen (secondary N) is 1. The Balaban J connectivity index is 2.52. The summed E-state index contributed by atoms with van der Waals surface area (Å²) in [7, 11) is 0. The zero-order chi connectivity index (χ0) is 17.2. The fraction of sp³-hybridized carbons (Fsp3) is 0.471. The van der Waals surface area contributed by atoms with Crippen LogP contribution in [0, 0.1) is 0 Å². The van der Waals surface area contributed by atoms with Gasteiger partial charge in [0.25, 0.3) is 0 Å². The lowest BCUT2D eigenvalue weighted by atomic mass is 10.0. The van der Waals surface area contributed by atoms with Crippen molar-refractivity contribution in [3.8, 4) is 0 Å². The molecule has 23 heavy (non-hydrogen) atoms. The van der Waals surface area contributed by atoms with Gasteiger partial charge in [0.1, 0.15) is 4.32 Å². The Hall–Kier alpha value is -1.40. The number of carbonyl (C=O) groups excluding carboxylic acids is 2. The number of benzene rings is 1. The molecule has 0 aromatic heterocycles. The van der Waals surface area contributed by atoms with Crippen molar-refractivity contribution < 1.29 is 9.59 Å². The molecule has 6 heteroatoms. The smallest absolute Gasteiger partial charge is 0.231 e. The van der Waals surface area contributed by atoms with Crippen molar-refractivity contribution in [1.82, 2.24) is 10.2 Å². The second kappa shape index (κ2) is 10.4. The lowest BCUT2D eigenvalue weighted by Gasteiger charge is -2.21. The van der Waals surface area contributed by atoms with Crippen LogP contribution in [0.3, 0.4) is 0 Å². The lowest BCUT2D eigenvalue weighted by molar-refractivity contribution is -0.125. The molecule has 0 fully saturated rings. The Labute approximate surface area is 148 Å². The van der Waals surface area contributed by atoms with Gasteiger partial charge < -0.3 is 10.2 Å². The molecule has 1 atom stereocenters. The van der Waals surface area contributed by atoms with Crippen LogP contribution in [-0.4, -0.2) is 45.8 Å². The van der Waals surface area contributed by atoms with E-state index in [9.17, 15) is 9.59 Å². The third-order valence-corrected chi connectivity index (χ3v) is 4.98. The maximum absolute atomic E-state index is 12.1. The van der Waals surface area contributed by atoms with Gasteiger partial charge in [0.05, 0.1) is 11.8 Å². The van der Waals surface area contributed by atoms with Crippen LogP contribution < -0.4 is 5.32 Å². The molecule has 0 aliphatic rings. The van der Waals surface area contributed by atoms with Crippen molar-refractivity contribution in [1.29, 1.82) is 0 Å². The Bertz CT molecular complexity index is 531. The highest BCUT2D eigenvalue weighted by molar-refractivity contribution is 8.23. The summed E-state index contributed by atoms with van der Waals surface area (Å²) in [4.78, 5) is 25.9. The highest BCUT2D eigenvalue weighted by atomic mass is 32.2. The number of carbonyl (C=O) groups is 2. The number of thiocarbonyl (C=S) groups is 1. The summed E-state index contributed by atoms with van der Waals surface area (Å²) in [6.45, 7) is 7.22. The van der Waals surface area contributed by atoms with E-state index in [2.05, 4.69) is 5.32 Å². The molecule has 0 saturated carbocycles. The average Bonchev–Trinajstić information content (AvgIpc) is 2.54. The summed E-state index contributed by atoms with van der Waals surface area (Å²) in [5.74, 6) is 0.0210. The largest absolute Gasteiger partial charge is 0.358 e. The molecule has 0 aliphatic carbocycles. The fourth-order valence-electron chi connectivity index (χ4n) is 2.08. The van der Waals surface area contributed by atoms with Gasteiger partial charge in [-0.25, -0.2) is 0 Å². The van der Waals surface area contributed by atoms with Crippen LogP contribution in [0.4, 0.5) is 0 Å². The van der Waals surface area contributed by atoms with E-state index < -0.39 is 6.04 Å². The highest BCUT2D eigenvalue weighted by Crippen LogP contribution is 2.10. The Kier molecular flexibility index (Phi) is 8.87. The lowest BCUT2D eigenvalue weighted by Crippen LogP contribution is -2.42. The highest BCUT2D eigenvalue weighted by Gasteiger charge is 2.18. The number of ketones is 1. The van der Waals surface area contributed by atoms with E-state index >= 15 is 0 Å². The monoisotopic (exact) mass is 352 g/mol. The van der Waals surface area contributed by atoms with E-state index in [4.69, 9.17) is 12.2 Å². The summed E-state index contributed by atoms with van der Waals surface area (Å²) in [6.07, 6.45) is 0.507. The molecule has 1 N–H and O–H groups in total. The molecule has 1 rings (SSSR count). The number of Topliss-reactive ketones (excluding diaryl/α,β-unsaturated/α-hetero) is 1. The van der Waals surface area contributed by atoms with Gasteiger partial charge >= 0.3 is 0 Å². The first-order chi connectivity index (χ1) is 11.0. The van der Waals surface area contributed by atoms with Crippen LogP contribution in [0.2, 0.25) is 0 Å². The maximum atomic E-state index is 12.1. The first kappa shape index (κ1) is 19.6. The summed E-state index contributed by atoms with van der Waals surface area (Å²) >= 11 is 6.64. The molecule has 1 aromatic carbocycles. The topological polar surface area (TPSA) is 49.4 Å². The molecule has 1 aromatic rings. The van der Waals surface area contributed by atoms with Crippen LogP contribution in [0.15, 0.2) is 30.3 Å². The van der Waals surface area contributed by atoms with Crippen LogP contribution in [-0.2, 0) is 16.0 Å². The van der Waals surface area contributed by atoms with Gasteiger partial charge in [-0.2, -0.15) is 0 Å². The van der Waals surface area contributed by atoms with Crippen LogP contribution in [0.1, 0.15) is 26.3 Å². The van der Waals surface area contributed by atoms with Gasteiger partial charge in [-0.15, -0.1) is 0 Å². The van der Waals surface area contributed by atoms with Gasteiger partial charge in [0.15, 0.2) is 5.78 Å². The number of hydrogen-bond acceptors (Lipinski definition) is 4. The minimum atomic E-state index is -0.493. The van der Waals surface area contributed by atoms with Crippen molar-refractivity contribution in [2.24, 2.45) is 0 Å². The molecular formula is C17H24N2O2S2. The van der Waals surface area contributed by atoms with Crippen molar-refractivity contribution >= 4 is 40.0 Å². The molecule has 0 saturated heterocycles. The molecule has 4 nitrogen and oxygen atoms in total. The number of hydrogen-bond donors (Lipinski definition) is 1. The zero-order valence-electron chi connectivity index (χ0n) is 13.9. The molecule has 126 valence electrons. The molecule has 0 spiro atoms. The summed E-state index contributed by atoms with van der Waals surface area (Å²) in [6, 6.07) is 9.18. The van der Waals surface area contributed by atoms with Gasteiger partial charge in [0, 0.05) is 13.1 Å². The van der Waals surface area contributed by atoms with Gasteiger partial charge in [-0.1, -0.05) is 54.3 Å². The predicted octanol–water partition coefficient (Wildman–Crippen LogP) is 2.66. The van der Waals surface area contributed by atoms with Gasteiger partial charge in [-0.05, 0) is 32.8 Å². The average molecular weight is 353 g/mol. The molecule has 0 aliphatic heterocycles. The van der Waals surface area contributed by atoms with E-state index in [1.807, 2.05) is 49.1 Å². The van der Waals surface area contributed by atoms with E-state index in [-0.39, 0.29) is 17.4 Å². The predicted molar refractivity (Wildman–Crippen MR) is 101 cm³/mol. The normalized spacial score (nSPS) is 11.6. The maximum Gasteiger partial charge on any atom is 0.231 e. The molecular weight excluding hydrogens is 328 g/mol. The Morgan fingerprint density at radius 1 is 1.22 bits per heavy atom. The third-order valence-electron chi connectivity index (χ3n) is 3.46. The molecule has 0 heterocycles. The standard InChI is InChI=1S/C17H24N2O2S2/c1-4-19(5-2)17(22)23-12-16(21)18-15(13(3)20)11-14-9-7-6-8-10-14/h6-10,15H,4-5,11-12H2,1-3H3,(H,18,21). The van der Waals surface area contributed by atoms with Gasteiger partial charge in [0.2, 0.25) is 5.91 Å². The second-order valence-corrected chi connectivity index (χ2v) is 6.76. The quantitative estimate of drug-likeness (QED) is 0.729. The van der Waals surface area contributed by atoms with Crippen LogP contribution in [0.25, 0.3) is 0 Å². The number of thioether (sulfide) groups is 1. The number of rotatable bonds is 8. The van der Waals surface area contributed by atoms with Crippen LogP contribution >= 0.6 is 24.0 Å². The zero-order valence-corrected chi connectivity index (χ0v) is 15.5. The summed E-state index contributed by atoms with van der Waals surface area (Å²) in [5.41, 5.74) is 1.03. The van der Waals surface area contributed by atoms with E-state index in [0.717, 1.165) is 18.7 Å². The molecule has 0 bridgehead atoms. The third kappa shape index (κ3) is 7.14. The van der Waals surface area contributed by atoms with Gasteiger partial charge in [-0.3, -0.25) is 9.59 Å². The van der Waals surface area contributed by atoms with Crippen molar-refractivity contribution in [2.75, 3.05) is 18.8 Å². The van der Waals surface area contributed by atoms with Crippen molar-refractivity contribution in [2.45, 2.75) is 33.2 Å². The van der Waals surface area contributed by atoms with Crippen molar-refractivity contribution in [3.05, 3.63) is 35.9 Å². The fourth-order valence-corrected chi connectivity index (χ4v) is 3.30. The molecule has 0 radical (unpaired) electrons. The van der Waals surface area contributed by atoms with Crippen molar-refractivity contribution in [3.63, 3.8) is 0 Å². The Morgan fingerprint density at radius 2 is 1.83 bits per heavy atom. The van der Waals surface area contributed by atoms with Crippen LogP contribution in [0.5, 0.6) is 0 Å². The van der Waals surface area contributed by atoms with E-state index in [1.165, 1.54) is 18.7 Å². The molecule has 1 unspecified atom stereocenters. The van der Waals surface area contributed by atoms with E-state index in [0.29, 0.717) is 10.7 Å². The number of nitrogens with zero attached hydrogens (tertiary/aromatic N) is 1. The minimum absolute atomic E-state index is 0.0430. The minimum Gasteiger partial charge on any atom is -0.358 e. The first-order valence-corrected chi connectivity index (χ1v) is 9.12. The first-order valence-electron chi connectivity index (χ1n) is 7.73. The number of amides is 1. The summed E-state index contributed by atoms with van der Waals surface area (Å²) < 4.78 is 0.715. The molecule has 1 amide bonds. The summed E-state index contributed by atoms with van der Waals surface area (Å²) in [5, 5.41) is 2.81.